The van der Waals surface area contributed by atoms with Gasteiger partial charge in [-0.2, -0.15) is 0 Å². The summed E-state index contributed by atoms with van der Waals surface area (Å²) in [5.74, 6) is 0.729. The van der Waals surface area contributed by atoms with Gasteiger partial charge < -0.3 is 9.13 Å². The van der Waals surface area contributed by atoms with Crippen molar-refractivity contribution in [2.24, 2.45) is 0 Å². The van der Waals surface area contributed by atoms with E-state index in [0.717, 1.165) is 39.6 Å². The minimum absolute atomic E-state index is 0.729. The minimum Gasteiger partial charge on any atom is -0.309 e. The van der Waals surface area contributed by atoms with E-state index in [4.69, 9.17) is 9.97 Å². The molecule has 0 aliphatic heterocycles. The smallest absolute Gasteiger partial charge is 0.160 e. The minimum atomic E-state index is 0.729. The van der Waals surface area contributed by atoms with Crippen LogP contribution in [0, 0.1) is 27.7 Å². The third-order valence-corrected chi connectivity index (χ3v) is 12.1. The summed E-state index contributed by atoms with van der Waals surface area (Å²) in [5.41, 5.74) is 19.4. The molecule has 0 unspecified atom stereocenters. The van der Waals surface area contributed by atoms with E-state index in [9.17, 15) is 0 Å². The van der Waals surface area contributed by atoms with Crippen LogP contribution < -0.4 is 0 Å². The Morgan fingerprint density at radius 2 is 0.883 bits per heavy atom. The molecule has 0 N–H and O–H groups in total. The first-order valence-electron chi connectivity index (χ1n) is 20.7. The molecule has 0 amide bonds. The third kappa shape index (κ3) is 5.91. The number of aromatic nitrogens is 4. The number of benzene rings is 8. The zero-order valence-electron chi connectivity index (χ0n) is 34.1. The Morgan fingerprint density at radius 3 is 1.53 bits per heavy atom. The molecule has 286 valence electrons. The first-order valence-corrected chi connectivity index (χ1v) is 20.7. The Bertz CT molecular complexity index is 3360. The summed E-state index contributed by atoms with van der Waals surface area (Å²) < 4.78 is 4.85. The van der Waals surface area contributed by atoms with Gasteiger partial charge in [0.25, 0.3) is 0 Å². The van der Waals surface area contributed by atoms with E-state index in [0.29, 0.717) is 0 Å². The molecule has 0 aliphatic rings. The van der Waals surface area contributed by atoms with E-state index < -0.39 is 0 Å². The van der Waals surface area contributed by atoms with Gasteiger partial charge in [0.2, 0.25) is 0 Å². The predicted molar refractivity (Wildman–Crippen MR) is 251 cm³/mol. The number of hydrogen-bond acceptors (Lipinski definition) is 2. The molecule has 11 rings (SSSR count). The first-order chi connectivity index (χ1) is 29.4. The molecule has 11 aromatic rings. The third-order valence-electron chi connectivity index (χ3n) is 12.1. The van der Waals surface area contributed by atoms with Crippen molar-refractivity contribution in [3.63, 3.8) is 0 Å². The molecule has 0 atom stereocenters. The lowest BCUT2D eigenvalue weighted by atomic mass is 9.95. The molecular formula is C56H42N4. The number of para-hydroxylation sites is 3. The number of fused-ring (bicyclic) bond motifs is 6. The molecule has 0 fully saturated rings. The zero-order valence-corrected chi connectivity index (χ0v) is 34.1. The monoisotopic (exact) mass is 770 g/mol. The highest BCUT2D eigenvalue weighted by atomic mass is 15.0. The van der Waals surface area contributed by atoms with Crippen LogP contribution in [0.3, 0.4) is 0 Å². The van der Waals surface area contributed by atoms with Crippen LogP contribution in [0.1, 0.15) is 22.3 Å². The summed E-state index contributed by atoms with van der Waals surface area (Å²) in [5, 5.41) is 5.02. The quantitative estimate of drug-likeness (QED) is 0.169. The van der Waals surface area contributed by atoms with Gasteiger partial charge in [-0.15, -0.1) is 0 Å². The normalized spacial score (nSPS) is 11.7. The lowest BCUT2D eigenvalue weighted by Crippen LogP contribution is -2.00. The zero-order chi connectivity index (χ0) is 40.5. The molecular weight excluding hydrogens is 729 g/mol. The molecule has 0 aliphatic carbocycles. The van der Waals surface area contributed by atoms with Crippen molar-refractivity contribution >= 4 is 43.6 Å². The Labute approximate surface area is 349 Å². The highest BCUT2D eigenvalue weighted by molar-refractivity contribution is 6.12. The molecule has 60 heavy (non-hydrogen) atoms. The van der Waals surface area contributed by atoms with E-state index in [2.05, 4.69) is 219 Å². The highest BCUT2D eigenvalue weighted by Crippen LogP contribution is 2.39. The van der Waals surface area contributed by atoms with E-state index in [1.54, 1.807) is 0 Å². The van der Waals surface area contributed by atoms with Crippen molar-refractivity contribution in [3.05, 3.63) is 204 Å². The summed E-state index contributed by atoms with van der Waals surface area (Å²) in [4.78, 5) is 10.2. The summed E-state index contributed by atoms with van der Waals surface area (Å²) in [6, 6.07) is 65.8. The fraction of sp³-hybridized carbons (Fsp3) is 0.0714. The summed E-state index contributed by atoms with van der Waals surface area (Å²) in [6.45, 7) is 8.69. The number of hydrogen-bond donors (Lipinski definition) is 0. The van der Waals surface area contributed by atoms with Crippen molar-refractivity contribution < 1.29 is 0 Å². The maximum atomic E-state index is 5.12. The molecule has 0 bridgehead atoms. The molecule has 3 heterocycles. The number of nitrogens with zero attached hydrogens (tertiary/aromatic N) is 4. The molecule has 4 nitrogen and oxygen atoms in total. The summed E-state index contributed by atoms with van der Waals surface area (Å²) >= 11 is 0. The van der Waals surface area contributed by atoms with Crippen LogP contribution in [0.25, 0.3) is 100 Å². The van der Waals surface area contributed by atoms with Gasteiger partial charge >= 0.3 is 0 Å². The average molecular weight is 771 g/mol. The Balaban J connectivity index is 0.986. The van der Waals surface area contributed by atoms with E-state index in [1.807, 2.05) is 0 Å². The average Bonchev–Trinajstić information content (AvgIpc) is 3.79. The van der Waals surface area contributed by atoms with Gasteiger partial charge in [-0.05, 0) is 117 Å². The molecule has 0 radical (unpaired) electrons. The Morgan fingerprint density at radius 1 is 0.350 bits per heavy atom. The van der Waals surface area contributed by atoms with Crippen LogP contribution in [0.2, 0.25) is 0 Å². The maximum absolute atomic E-state index is 5.12. The second-order valence-corrected chi connectivity index (χ2v) is 16.2. The molecule has 4 heteroatoms. The number of aryl methyl sites for hydroxylation is 4. The van der Waals surface area contributed by atoms with E-state index in [-0.39, 0.29) is 0 Å². The summed E-state index contributed by atoms with van der Waals surface area (Å²) in [7, 11) is 0. The number of rotatable bonds is 6. The van der Waals surface area contributed by atoms with Gasteiger partial charge in [0.1, 0.15) is 0 Å². The van der Waals surface area contributed by atoms with Crippen molar-refractivity contribution in [2.75, 3.05) is 0 Å². The second kappa shape index (κ2) is 14.1. The van der Waals surface area contributed by atoms with Gasteiger partial charge in [0.15, 0.2) is 5.82 Å². The highest BCUT2D eigenvalue weighted by Gasteiger charge is 2.19. The first kappa shape index (κ1) is 35.6. The maximum Gasteiger partial charge on any atom is 0.160 e. The summed E-state index contributed by atoms with van der Waals surface area (Å²) in [6.07, 6.45) is 0. The van der Waals surface area contributed by atoms with Crippen LogP contribution >= 0.6 is 0 Å². The lowest BCUT2D eigenvalue weighted by Gasteiger charge is -2.16. The van der Waals surface area contributed by atoms with Crippen LogP contribution in [-0.2, 0) is 0 Å². The van der Waals surface area contributed by atoms with Crippen molar-refractivity contribution in [2.45, 2.75) is 27.7 Å². The fourth-order valence-corrected chi connectivity index (χ4v) is 9.19. The SMILES string of the molecule is Cc1cccc(-c2cc(-c3ccc(-c4cc(C)c(-n5c6ccccc6c6cc(-n7c8ccccc8c8ccccc87)ccc65)cc4C)cc3)nc(-c3cccc(C)c3)n2)c1. The van der Waals surface area contributed by atoms with Gasteiger partial charge in [-0.3, -0.25) is 0 Å². The van der Waals surface area contributed by atoms with Crippen LogP contribution in [0.5, 0.6) is 0 Å². The van der Waals surface area contributed by atoms with E-state index >= 15 is 0 Å². The topological polar surface area (TPSA) is 35.6 Å². The van der Waals surface area contributed by atoms with Gasteiger partial charge in [0.05, 0.1) is 33.5 Å². The van der Waals surface area contributed by atoms with E-state index in [1.165, 1.54) is 82.7 Å². The molecule has 0 saturated heterocycles. The van der Waals surface area contributed by atoms with Crippen molar-refractivity contribution in [1.82, 2.24) is 19.1 Å². The Kier molecular flexibility index (Phi) is 8.35. The van der Waals surface area contributed by atoms with Gasteiger partial charge in [-0.1, -0.05) is 126 Å². The van der Waals surface area contributed by atoms with Crippen molar-refractivity contribution in [1.29, 1.82) is 0 Å². The predicted octanol–water partition coefficient (Wildman–Crippen LogP) is 14.6. The van der Waals surface area contributed by atoms with Crippen LogP contribution in [-0.4, -0.2) is 19.1 Å². The largest absolute Gasteiger partial charge is 0.309 e. The second-order valence-electron chi connectivity index (χ2n) is 16.2. The van der Waals surface area contributed by atoms with Crippen LogP contribution in [0.4, 0.5) is 0 Å². The van der Waals surface area contributed by atoms with Crippen molar-refractivity contribution in [3.8, 4) is 56.4 Å². The molecule has 0 saturated carbocycles. The lowest BCUT2D eigenvalue weighted by molar-refractivity contribution is 1.14. The molecule has 8 aromatic carbocycles. The molecule has 3 aromatic heterocycles. The standard InChI is InChI=1S/C56H42N4/c1-35-13-11-15-41(29-35)50-34-49(57-56(58-50)42-16-12-14-36(2)30-42)40-25-23-39(24-26-40)47-31-38(4)55(32-37(47)3)60-53-22-10-7-19-46(53)48-33-43(27-28-54(48)60)59-51-20-8-5-17-44(51)45-18-6-9-21-52(45)59/h5-34H,1-4H3. The fourth-order valence-electron chi connectivity index (χ4n) is 9.19. The van der Waals surface area contributed by atoms with Gasteiger partial charge in [0, 0.05) is 49.6 Å². The Hall–Kier alpha value is -7.56. The molecule has 0 spiro atoms. The van der Waals surface area contributed by atoms with Crippen LogP contribution in [0.15, 0.2) is 182 Å². The van der Waals surface area contributed by atoms with Gasteiger partial charge in [-0.25, -0.2) is 9.97 Å².